The Morgan fingerprint density at radius 1 is 1.30 bits per heavy atom. The maximum atomic E-state index is 12.7. The van der Waals surface area contributed by atoms with Crippen molar-refractivity contribution in [2.75, 3.05) is 13.7 Å². The third-order valence-corrected chi connectivity index (χ3v) is 4.94. The van der Waals surface area contributed by atoms with Gasteiger partial charge in [0.15, 0.2) is 5.94 Å². The fraction of sp³-hybridized carbons (Fsp3) is 0.409. The molecule has 8 nitrogen and oxygen atoms in total. The molecule has 8 heteroatoms. The Labute approximate surface area is 174 Å². The molecule has 1 amide bonds. The summed E-state index contributed by atoms with van der Waals surface area (Å²) in [7, 11) is 1.28. The normalized spacial score (nSPS) is 18.5. The summed E-state index contributed by atoms with van der Waals surface area (Å²) in [6.07, 6.45) is 2.67. The van der Waals surface area contributed by atoms with E-state index in [1.54, 1.807) is 12.0 Å². The molecule has 3 rings (SSSR count). The number of nitrogens with one attached hydrogen (secondary N) is 2. The molecule has 1 aromatic carbocycles. The van der Waals surface area contributed by atoms with Crippen LogP contribution in [0, 0.1) is 0 Å². The number of benzene rings is 1. The molecule has 30 heavy (non-hydrogen) atoms. The van der Waals surface area contributed by atoms with Gasteiger partial charge in [-0.1, -0.05) is 19.8 Å². The second-order valence-corrected chi connectivity index (χ2v) is 7.03. The lowest BCUT2D eigenvalue weighted by molar-refractivity contribution is -0.128. The lowest BCUT2D eigenvalue weighted by atomic mass is 9.93. The van der Waals surface area contributed by atoms with Gasteiger partial charge in [-0.15, -0.1) is 0 Å². The summed E-state index contributed by atoms with van der Waals surface area (Å²) in [6, 6.07) is 7.32. The van der Waals surface area contributed by atoms with Crippen molar-refractivity contribution in [1.82, 2.24) is 10.5 Å². The van der Waals surface area contributed by atoms with Crippen LogP contribution in [0.2, 0.25) is 0 Å². The minimum absolute atomic E-state index is 0.109. The van der Waals surface area contributed by atoms with Gasteiger partial charge >= 0.3 is 0 Å². The molecule has 3 N–H and O–H groups in total. The van der Waals surface area contributed by atoms with Crippen LogP contribution in [0.5, 0.6) is 5.75 Å². The number of carbonyl (C=O) groups excluding carboxylic acids is 2. The third-order valence-electron chi connectivity index (χ3n) is 4.94. The molecular formula is C22H26N2O6. The fourth-order valence-corrected chi connectivity index (χ4v) is 3.65. The smallest absolute Gasteiger partial charge is 0.280 e. The van der Waals surface area contributed by atoms with Crippen molar-refractivity contribution in [1.29, 1.82) is 0 Å². The Morgan fingerprint density at radius 2 is 2.10 bits per heavy atom. The first-order valence-electron chi connectivity index (χ1n) is 9.98. The molecule has 0 saturated heterocycles. The molecule has 0 bridgehead atoms. The van der Waals surface area contributed by atoms with E-state index < -0.39 is 11.7 Å². The summed E-state index contributed by atoms with van der Waals surface area (Å²) in [6.45, 7) is 4.48. The molecule has 2 aromatic rings. The highest BCUT2D eigenvalue weighted by atomic mass is 16.6. The van der Waals surface area contributed by atoms with Crippen LogP contribution in [0.3, 0.4) is 0 Å². The van der Waals surface area contributed by atoms with Crippen LogP contribution in [-0.4, -0.2) is 41.4 Å². The molecule has 0 fully saturated rings. The lowest BCUT2D eigenvalue weighted by Gasteiger charge is -2.25. The van der Waals surface area contributed by atoms with Crippen molar-refractivity contribution in [3.05, 3.63) is 41.3 Å². The Hall–Kier alpha value is -3.06. The quantitative estimate of drug-likeness (QED) is 0.331. The van der Waals surface area contributed by atoms with E-state index in [4.69, 9.17) is 14.3 Å². The van der Waals surface area contributed by atoms with E-state index in [1.165, 1.54) is 7.11 Å². The van der Waals surface area contributed by atoms with Gasteiger partial charge in [-0.05, 0) is 37.6 Å². The first-order chi connectivity index (χ1) is 14.5. The van der Waals surface area contributed by atoms with Crippen molar-refractivity contribution in [2.45, 2.75) is 45.3 Å². The van der Waals surface area contributed by atoms with E-state index in [-0.39, 0.29) is 23.3 Å². The van der Waals surface area contributed by atoms with Crippen molar-refractivity contribution in [3.63, 3.8) is 0 Å². The number of aromatic nitrogens is 1. The minimum atomic E-state index is -1.84. The zero-order valence-corrected chi connectivity index (χ0v) is 17.3. The Bertz CT molecular complexity index is 1020. The number of aromatic amines is 1. The van der Waals surface area contributed by atoms with Gasteiger partial charge in [-0.25, -0.2) is 10.3 Å². The van der Waals surface area contributed by atoms with Crippen molar-refractivity contribution < 1.29 is 29.0 Å². The van der Waals surface area contributed by atoms with Gasteiger partial charge in [0, 0.05) is 23.0 Å². The second-order valence-electron chi connectivity index (χ2n) is 7.03. The molecule has 1 aliphatic heterocycles. The summed E-state index contributed by atoms with van der Waals surface area (Å²) in [4.78, 5) is 32.1. The van der Waals surface area contributed by atoms with Crippen LogP contribution >= 0.6 is 0 Å². The maximum Gasteiger partial charge on any atom is 0.280 e. The molecule has 1 aromatic heterocycles. The van der Waals surface area contributed by atoms with Gasteiger partial charge < -0.3 is 19.6 Å². The predicted octanol–water partition coefficient (Wildman–Crippen LogP) is 3.01. The maximum absolute atomic E-state index is 12.7. The summed E-state index contributed by atoms with van der Waals surface area (Å²) in [5.74, 6) is -0.559. The number of hydroxylamine groups is 1. The average molecular weight is 414 g/mol. The van der Waals surface area contributed by atoms with Gasteiger partial charge in [0.1, 0.15) is 11.3 Å². The number of ether oxygens (including phenoxy) is 2. The van der Waals surface area contributed by atoms with E-state index >= 15 is 0 Å². The molecular weight excluding hydrogens is 388 g/mol. The van der Waals surface area contributed by atoms with Crippen LogP contribution in [0.25, 0.3) is 16.5 Å². The summed E-state index contributed by atoms with van der Waals surface area (Å²) >= 11 is 0. The zero-order chi connectivity index (χ0) is 21.7. The second kappa shape index (κ2) is 9.17. The highest BCUT2D eigenvalue weighted by Crippen LogP contribution is 2.45. The Balaban J connectivity index is 2.16. The molecule has 1 atom stereocenters. The number of hydrogen-bond acceptors (Lipinski definition) is 6. The van der Waals surface area contributed by atoms with Crippen LogP contribution in [-0.2, 0) is 19.2 Å². The topological polar surface area (TPSA) is 110 Å². The minimum Gasteiger partial charge on any atom is -0.494 e. The monoisotopic (exact) mass is 414 g/mol. The highest BCUT2D eigenvalue weighted by molar-refractivity contribution is 6.09. The first kappa shape index (κ1) is 21.6. The van der Waals surface area contributed by atoms with E-state index in [0.29, 0.717) is 24.5 Å². The SMILES string of the molecule is CCCCCC1(O)OC(=C=O)C(C(=O)NOC)=C1c1cc2cc(OCC)ccc2[nH]1. The molecule has 0 spiro atoms. The van der Waals surface area contributed by atoms with Gasteiger partial charge in [0.05, 0.1) is 19.3 Å². The number of aliphatic hydroxyl groups is 1. The standard InChI is InChI=1S/C22H26N2O6/c1-4-6-7-10-22(27)20(19(18(13-25)30-22)21(26)24-28-3)17-12-14-11-15(29-5-2)8-9-16(14)23-17/h8-9,11-12,23,27H,4-7,10H2,1-3H3,(H,24,26). The van der Waals surface area contributed by atoms with Crippen LogP contribution in [0.4, 0.5) is 0 Å². The van der Waals surface area contributed by atoms with Crippen LogP contribution in [0.1, 0.15) is 45.2 Å². The largest absolute Gasteiger partial charge is 0.494 e. The van der Waals surface area contributed by atoms with E-state index in [2.05, 4.69) is 10.5 Å². The molecule has 0 radical (unpaired) electrons. The van der Waals surface area contributed by atoms with E-state index in [0.717, 1.165) is 23.7 Å². The van der Waals surface area contributed by atoms with Gasteiger partial charge in [-0.2, -0.15) is 0 Å². The van der Waals surface area contributed by atoms with Gasteiger partial charge in [-0.3, -0.25) is 9.63 Å². The zero-order valence-electron chi connectivity index (χ0n) is 17.3. The number of rotatable bonds is 9. The number of amides is 1. The fourth-order valence-electron chi connectivity index (χ4n) is 3.65. The number of H-pyrrole nitrogens is 1. The van der Waals surface area contributed by atoms with Crippen LogP contribution < -0.4 is 10.2 Å². The van der Waals surface area contributed by atoms with Crippen molar-refractivity contribution in [3.8, 4) is 5.75 Å². The molecule has 160 valence electrons. The summed E-state index contributed by atoms with van der Waals surface area (Å²) < 4.78 is 11.1. The van der Waals surface area contributed by atoms with Crippen molar-refractivity contribution >= 4 is 28.3 Å². The summed E-state index contributed by atoms with van der Waals surface area (Å²) in [5.41, 5.74) is 3.51. The number of carbonyl (C=O) groups is 1. The third kappa shape index (κ3) is 4.11. The van der Waals surface area contributed by atoms with Gasteiger partial charge in [0.25, 0.3) is 5.91 Å². The highest BCUT2D eigenvalue weighted by Gasteiger charge is 2.48. The molecule has 0 aliphatic carbocycles. The van der Waals surface area contributed by atoms with Crippen LogP contribution in [0.15, 0.2) is 35.6 Å². The first-order valence-corrected chi connectivity index (χ1v) is 9.98. The number of hydrogen-bond donors (Lipinski definition) is 3. The van der Waals surface area contributed by atoms with E-state index in [1.807, 2.05) is 32.0 Å². The molecule has 2 heterocycles. The number of fused-ring (bicyclic) bond motifs is 1. The van der Waals surface area contributed by atoms with Gasteiger partial charge in [0.2, 0.25) is 11.5 Å². The molecule has 1 aliphatic rings. The molecule has 1 unspecified atom stereocenters. The van der Waals surface area contributed by atoms with E-state index in [9.17, 15) is 14.7 Å². The Morgan fingerprint density at radius 3 is 2.77 bits per heavy atom. The molecule has 0 saturated carbocycles. The summed E-state index contributed by atoms with van der Waals surface area (Å²) in [5, 5.41) is 12.2. The Kier molecular flexibility index (Phi) is 6.62. The number of unbranched alkanes of at least 4 members (excludes halogenated alkanes) is 2. The predicted molar refractivity (Wildman–Crippen MR) is 111 cm³/mol. The van der Waals surface area contributed by atoms with Crippen molar-refractivity contribution in [2.24, 2.45) is 0 Å². The lowest BCUT2D eigenvalue weighted by Crippen LogP contribution is -2.30. The average Bonchev–Trinajstić information content (AvgIpc) is 3.26.